The van der Waals surface area contributed by atoms with Gasteiger partial charge in [-0.15, -0.1) is 0 Å². The minimum absolute atomic E-state index is 0.0559. The van der Waals surface area contributed by atoms with E-state index in [2.05, 4.69) is 118 Å². The molecule has 1 aromatic heterocycles. The number of ether oxygens (including phenoxy) is 1. The van der Waals surface area contributed by atoms with Gasteiger partial charge in [-0.05, 0) is 142 Å². The number of nitrogens with zero attached hydrogens (tertiary/aromatic N) is 2. The number of hydrogen-bond donors (Lipinski definition) is 0. The fourth-order valence-electron chi connectivity index (χ4n) is 7.14. The zero-order valence-corrected chi connectivity index (χ0v) is 30.1. The van der Waals surface area contributed by atoms with Gasteiger partial charge in [-0.25, -0.2) is 0 Å². The molecule has 0 saturated heterocycles. The maximum absolute atomic E-state index is 14.4. The van der Waals surface area contributed by atoms with Crippen molar-refractivity contribution in [2.45, 2.75) is 116 Å². The monoisotopic (exact) mass is 628 g/mol. The normalized spacial score (nSPS) is 22.7. The first kappa shape index (κ1) is 33.5. The van der Waals surface area contributed by atoms with Crippen LogP contribution in [0, 0.1) is 25.7 Å². The Bertz CT molecular complexity index is 1440. The fourth-order valence-corrected chi connectivity index (χ4v) is 8.56. The number of carbonyl (C=O) groups excluding carboxylic acids is 1. The van der Waals surface area contributed by atoms with Crippen molar-refractivity contribution in [3.63, 3.8) is 0 Å². The van der Waals surface area contributed by atoms with Crippen LogP contribution in [0.2, 0.25) is 18.1 Å². The number of hydrogen-bond acceptors (Lipinski definition) is 3. The van der Waals surface area contributed by atoms with E-state index in [1.54, 1.807) is 7.11 Å². The zero-order chi connectivity index (χ0) is 32.4. The lowest BCUT2D eigenvalue weighted by atomic mass is 9.78. The summed E-state index contributed by atoms with van der Waals surface area (Å²) in [7, 11) is -0.0842. The number of amides is 1. The maximum Gasteiger partial charge on any atom is 0.230 e. The van der Waals surface area contributed by atoms with Gasteiger partial charge in [0.25, 0.3) is 0 Å². The van der Waals surface area contributed by atoms with Gasteiger partial charge >= 0.3 is 0 Å². The molecule has 0 spiro atoms. The lowest BCUT2D eigenvalue weighted by Gasteiger charge is -2.41. The van der Waals surface area contributed by atoms with Crippen molar-refractivity contribution in [1.29, 1.82) is 0 Å². The Morgan fingerprint density at radius 2 is 1.64 bits per heavy atom. The summed E-state index contributed by atoms with van der Waals surface area (Å²) in [5.41, 5.74) is 5.98. The fraction of sp³-hybridized carbons (Fsp3) is 0.564. The molecule has 3 aromatic rings. The Morgan fingerprint density at radius 3 is 2.24 bits per heavy atom. The van der Waals surface area contributed by atoms with Crippen molar-refractivity contribution in [2.24, 2.45) is 11.8 Å². The molecule has 0 radical (unpaired) electrons. The van der Waals surface area contributed by atoms with Crippen molar-refractivity contribution < 1.29 is 14.0 Å². The molecule has 45 heavy (non-hydrogen) atoms. The highest BCUT2D eigenvalue weighted by Crippen LogP contribution is 2.41. The number of methoxy groups -OCH3 is 1. The maximum atomic E-state index is 14.4. The van der Waals surface area contributed by atoms with Crippen LogP contribution >= 0.6 is 0 Å². The minimum Gasteiger partial charge on any atom is -0.496 e. The Kier molecular flexibility index (Phi) is 10.3. The lowest BCUT2D eigenvalue weighted by molar-refractivity contribution is -0.124. The van der Waals surface area contributed by atoms with E-state index >= 15 is 0 Å². The van der Waals surface area contributed by atoms with Gasteiger partial charge in [0.15, 0.2) is 8.32 Å². The predicted molar refractivity (Wildman–Crippen MR) is 189 cm³/mol. The summed E-state index contributed by atoms with van der Waals surface area (Å²) in [5, 5.41) is 0.199. The van der Waals surface area contributed by atoms with Gasteiger partial charge in [-0.3, -0.25) is 4.79 Å². The molecule has 2 aliphatic rings. The molecular formula is C39H56N2O3Si. The van der Waals surface area contributed by atoms with E-state index in [0.717, 1.165) is 75.0 Å². The van der Waals surface area contributed by atoms with Crippen LogP contribution in [0.25, 0.3) is 5.69 Å². The second-order valence-electron chi connectivity index (χ2n) is 15.4. The van der Waals surface area contributed by atoms with E-state index in [1.165, 1.54) is 16.7 Å². The van der Waals surface area contributed by atoms with Crippen LogP contribution in [0.4, 0.5) is 5.69 Å². The van der Waals surface area contributed by atoms with E-state index < -0.39 is 8.32 Å². The zero-order valence-electron chi connectivity index (χ0n) is 29.1. The van der Waals surface area contributed by atoms with Gasteiger partial charge in [0.1, 0.15) is 5.75 Å². The van der Waals surface area contributed by atoms with E-state index in [0.29, 0.717) is 17.7 Å². The van der Waals surface area contributed by atoms with Crippen molar-refractivity contribution in [3.8, 4) is 11.4 Å². The topological polar surface area (TPSA) is 43.7 Å². The molecule has 0 N–H and O–H groups in total. The SMILES string of the molecule is COc1ccc(C2CCC(CN(C(=O)C3CCC(O[Si](C)(C)C(C)(C)C)CC3)c3cccc(-n4ccc(C)c4)c3)CC2)cc1C. The van der Waals surface area contributed by atoms with Crippen LogP contribution in [0.3, 0.4) is 0 Å². The first-order valence-electron chi connectivity index (χ1n) is 17.2. The summed E-state index contributed by atoms with van der Waals surface area (Å²) in [4.78, 5) is 16.6. The van der Waals surface area contributed by atoms with Crippen molar-refractivity contribution in [2.75, 3.05) is 18.6 Å². The summed E-state index contributed by atoms with van der Waals surface area (Å²) >= 11 is 0. The molecule has 244 valence electrons. The van der Waals surface area contributed by atoms with E-state index in [1.807, 2.05) is 0 Å². The Morgan fingerprint density at radius 1 is 0.933 bits per heavy atom. The number of carbonyl (C=O) groups is 1. The summed E-state index contributed by atoms with van der Waals surface area (Å²) in [6.45, 7) is 16.6. The molecule has 6 heteroatoms. The van der Waals surface area contributed by atoms with Gasteiger partial charge in [-0.2, -0.15) is 0 Å². The molecule has 2 fully saturated rings. The third kappa shape index (κ3) is 7.94. The molecule has 0 unspecified atom stereocenters. The molecule has 1 heterocycles. The molecule has 5 rings (SSSR count). The Hall–Kier alpha value is -2.83. The third-order valence-corrected chi connectivity index (χ3v) is 15.6. The van der Waals surface area contributed by atoms with Gasteiger partial charge in [-0.1, -0.05) is 39.0 Å². The highest BCUT2D eigenvalue weighted by Gasteiger charge is 2.41. The largest absolute Gasteiger partial charge is 0.496 e. The molecule has 2 aliphatic carbocycles. The van der Waals surface area contributed by atoms with Gasteiger partial charge < -0.3 is 18.6 Å². The molecule has 2 saturated carbocycles. The van der Waals surface area contributed by atoms with Crippen LogP contribution in [-0.2, 0) is 9.22 Å². The van der Waals surface area contributed by atoms with Crippen LogP contribution in [0.1, 0.15) is 94.7 Å². The summed E-state index contributed by atoms with van der Waals surface area (Å²) in [6, 6.07) is 17.4. The Balaban J connectivity index is 1.30. The summed E-state index contributed by atoms with van der Waals surface area (Å²) < 4.78 is 14.4. The first-order chi connectivity index (χ1) is 21.3. The van der Waals surface area contributed by atoms with Crippen molar-refractivity contribution in [1.82, 2.24) is 4.57 Å². The van der Waals surface area contributed by atoms with Gasteiger partial charge in [0.05, 0.1) is 7.11 Å². The van der Waals surface area contributed by atoms with Crippen molar-refractivity contribution in [3.05, 3.63) is 77.6 Å². The van der Waals surface area contributed by atoms with E-state index in [4.69, 9.17) is 9.16 Å². The third-order valence-electron chi connectivity index (χ3n) is 11.0. The highest BCUT2D eigenvalue weighted by atomic mass is 28.4. The van der Waals surface area contributed by atoms with Gasteiger partial charge in [0, 0.05) is 42.3 Å². The van der Waals surface area contributed by atoms with Crippen LogP contribution in [0.15, 0.2) is 60.9 Å². The summed E-state index contributed by atoms with van der Waals surface area (Å²) in [5.74, 6) is 2.39. The molecule has 1 amide bonds. The molecular weight excluding hydrogens is 573 g/mol. The first-order valence-corrected chi connectivity index (χ1v) is 20.1. The lowest BCUT2D eigenvalue weighted by Crippen LogP contribution is -2.46. The average Bonchev–Trinajstić information content (AvgIpc) is 3.46. The number of anilines is 1. The summed E-state index contributed by atoms with van der Waals surface area (Å²) in [6.07, 6.45) is 12.9. The molecule has 0 atom stereocenters. The quantitative estimate of drug-likeness (QED) is 0.222. The van der Waals surface area contributed by atoms with Gasteiger partial charge in [0.2, 0.25) is 5.91 Å². The van der Waals surface area contributed by atoms with Crippen molar-refractivity contribution >= 4 is 19.9 Å². The Labute approximate surface area is 273 Å². The second kappa shape index (κ2) is 13.9. The number of aromatic nitrogens is 1. The molecule has 0 aliphatic heterocycles. The second-order valence-corrected chi connectivity index (χ2v) is 20.1. The number of benzene rings is 2. The van der Waals surface area contributed by atoms with E-state index in [-0.39, 0.29) is 17.1 Å². The molecule has 0 bridgehead atoms. The number of aryl methyl sites for hydroxylation is 2. The standard InChI is InChI=1S/C39H56N2O3Si/c1-28-22-23-40(26-28)34-10-9-11-35(25-34)41(38(42)32-16-19-36(20-17-32)44-45(7,8)39(3,4)5)27-30-12-14-31(15-13-30)33-18-21-37(43-6)29(2)24-33/h9-11,18,21-26,30-32,36H,12-17,19-20,27H2,1-8H3. The average molecular weight is 629 g/mol. The van der Waals surface area contributed by atoms with Crippen LogP contribution in [-0.4, -0.2) is 38.6 Å². The van der Waals surface area contributed by atoms with E-state index in [9.17, 15) is 4.79 Å². The number of rotatable bonds is 9. The highest BCUT2D eigenvalue weighted by molar-refractivity contribution is 6.74. The minimum atomic E-state index is -1.82. The molecule has 2 aromatic carbocycles. The molecule has 5 nitrogen and oxygen atoms in total. The smallest absolute Gasteiger partial charge is 0.230 e. The van der Waals surface area contributed by atoms with Crippen LogP contribution in [0.5, 0.6) is 5.75 Å². The predicted octanol–water partition coefficient (Wildman–Crippen LogP) is 9.99. The van der Waals surface area contributed by atoms with Crippen LogP contribution < -0.4 is 9.64 Å².